The largest absolute Gasteiger partial charge is 0.457 e. The van der Waals surface area contributed by atoms with Gasteiger partial charge in [-0.25, -0.2) is 4.79 Å². The van der Waals surface area contributed by atoms with Crippen molar-refractivity contribution in [3.63, 3.8) is 0 Å². The second-order valence-corrected chi connectivity index (χ2v) is 14.3. The molecule has 11 atom stereocenters. The number of rotatable bonds is 5. The Kier molecular flexibility index (Phi) is 12.7. The number of esters is 1. The Labute approximate surface area is 343 Å². The maximum absolute atomic E-state index is 14.4. The average Bonchev–Trinajstić information content (AvgIpc) is 2.98. The van der Waals surface area contributed by atoms with E-state index in [1.165, 1.54) is 7.11 Å². The summed E-state index contributed by atoms with van der Waals surface area (Å²) in [6, 6.07) is 8.23. The van der Waals surface area contributed by atoms with E-state index in [4.69, 9.17) is 14.2 Å². The number of aliphatic hydroxyl groups is 3. The fourth-order valence-electron chi connectivity index (χ4n) is 9.14. The fourth-order valence-corrected chi connectivity index (χ4v) is 9.14. The summed E-state index contributed by atoms with van der Waals surface area (Å²) in [4.78, 5) is 40.4. The zero-order valence-corrected chi connectivity index (χ0v) is 37.6. The number of ketones is 1. The minimum atomic E-state index is -1.58. The molecule has 0 spiro atoms. The van der Waals surface area contributed by atoms with Gasteiger partial charge in [0.15, 0.2) is 5.78 Å². The molecule has 1 aromatic carbocycles. The van der Waals surface area contributed by atoms with Gasteiger partial charge in [-0.05, 0) is 48.8 Å². The van der Waals surface area contributed by atoms with E-state index in [2.05, 4.69) is 5.32 Å². The van der Waals surface area contributed by atoms with Gasteiger partial charge in [-0.1, -0.05) is 65.0 Å². The number of alkyl carbamates (subject to hydrolysis) is 1. The number of methoxy groups -OCH3 is 1. The summed E-state index contributed by atoms with van der Waals surface area (Å²) in [6.45, 7) is 12.6. The first-order chi connectivity index (χ1) is 20.5. The SMILES string of the molecule is COC(=O)NC(c1ccccc1)C(C)C(=O)OC1CC2(O)C(C)C3C4(O)COC4CC(C)[C@@]3(C)C(=O)C(O)C(=C1C)C2(C)C.[Ac].[Ac]. The predicted molar refractivity (Wildman–Crippen MR) is 160 cm³/mol. The first-order valence-corrected chi connectivity index (χ1v) is 15.6. The van der Waals surface area contributed by atoms with Crippen molar-refractivity contribution in [2.75, 3.05) is 13.7 Å². The molecule has 12 heteroatoms. The van der Waals surface area contributed by atoms with E-state index in [1.54, 1.807) is 58.9 Å². The van der Waals surface area contributed by atoms with Crippen molar-refractivity contribution in [2.45, 2.75) is 96.9 Å². The van der Waals surface area contributed by atoms with Crippen molar-refractivity contribution < 1.29 is 132 Å². The number of Topliss-reactive ketones (excluding diaryl/α,β-unsaturated/α-hetero) is 1. The van der Waals surface area contributed by atoms with Crippen LogP contribution in [-0.4, -0.2) is 76.4 Å². The molecule has 0 aromatic heterocycles. The summed E-state index contributed by atoms with van der Waals surface area (Å²) in [6.07, 6.45) is -3.25. The van der Waals surface area contributed by atoms with Crippen molar-refractivity contribution in [1.29, 1.82) is 0 Å². The number of amides is 1. The van der Waals surface area contributed by atoms with Crippen molar-refractivity contribution in [3.05, 3.63) is 47.0 Å². The second kappa shape index (κ2) is 14.4. The van der Waals surface area contributed by atoms with Gasteiger partial charge >= 0.3 is 12.1 Å². The maximum Gasteiger partial charge on any atom is 0.407 e. The van der Waals surface area contributed by atoms with E-state index < -0.39 is 82.0 Å². The molecule has 10 nitrogen and oxygen atoms in total. The molecule has 2 bridgehead atoms. The Hall–Kier alpha value is 0.0931. The van der Waals surface area contributed by atoms with Crippen molar-refractivity contribution >= 4 is 17.8 Å². The number of fused-ring (bicyclic) bond motifs is 5. The third-order valence-electron chi connectivity index (χ3n) is 12.1. The van der Waals surface area contributed by atoms with Gasteiger partial charge in [0.05, 0.1) is 37.4 Å². The zero-order chi connectivity index (χ0) is 32.6. The van der Waals surface area contributed by atoms with Crippen LogP contribution in [0, 0.1) is 123 Å². The van der Waals surface area contributed by atoms with Crippen LogP contribution in [0.1, 0.15) is 72.9 Å². The summed E-state index contributed by atoms with van der Waals surface area (Å²) in [7, 11) is 1.24. The van der Waals surface area contributed by atoms with Crippen LogP contribution in [0.15, 0.2) is 41.5 Å². The van der Waals surface area contributed by atoms with Crippen LogP contribution in [0.3, 0.4) is 0 Å². The maximum atomic E-state index is 14.4. The average molecular weight is 1070 g/mol. The minimum Gasteiger partial charge on any atom is -0.457 e. The molecular formula is C34H47Ac2NO9. The summed E-state index contributed by atoms with van der Waals surface area (Å²) in [5, 5.41) is 39.4. The number of benzene rings is 1. The first kappa shape index (κ1) is 40.5. The van der Waals surface area contributed by atoms with Crippen LogP contribution in [0.4, 0.5) is 4.79 Å². The first-order valence-electron chi connectivity index (χ1n) is 15.6. The molecular weight excluding hydrogens is 1020 g/mol. The number of carbonyl (C=O) groups is 3. The Bertz CT molecular complexity index is 1370. The predicted octanol–water partition coefficient (Wildman–Crippen LogP) is 3.48. The van der Waals surface area contributed by atoms with Crippen LogP contribution < -0.4 is 5.32 Å². The number of hydrogen-bond acceptors (Lipinski definition) is 9. The van der Waals surface area contributed by atoms with Crippen molar-refractivity contribution in [1.82, 2.24) is 5.32 Å². The minimum absolute atomic E-state index is 0. The monoisotopic (exact) mass is 1070 g/mol. The van der Waals surface area contributed by atoms with E-state index >= 15 is 0 Å². The summed E-state index contributed by atoms with van der Waals surface area (Å²) in [5.41, 5.74) is -3.64. The van der Waals surface area contributed by atoms with E-state index in [-0.39, 0.29) is 107 Å². The smallest absolute Gasteiger partial charge is 0.407 e. The molecule has 1 saturated heterocycles. The fraction of sp³-hybridized carbons (Fsp3) is 0.676. The molecule has 248 valence electrons. The second-order valence-electron chi connectivity index (χ2n) is 14.3. The number of ether oxygens (including phenoxy) is 3. The Balaban J connectivity index is 0.00000288. The summed E-state index contributed by atoms with van der Waals surface area (Å²) < 4.78 is 16.7. The molecule has 2 radical (unpaired) electrons. The molecule has 1 aliphatic heterocycles. The summed E-state index contributed by atoms with van der Waals surface area (Å²) in [5.74, 6) is -3.47. The molecule has 1 amide bonds. The van der Waals surface area contributed by atoms with Gasteiger partial charge in [0.2, 0.25) is 0 Å². The number of carbonyl (C=O) groups excluding carboxylic acids is 3. The van der Waals surface area contributed by atoms with Gasteiger partial charge in [0, 0.05) is 111 Å². The number of nitrogens with one attached hydrogen (secondary N) is 1. The van der Waals surface area contributed by atoms with E-state index in [0.29, 0.717) is 23.1 Å². The normalized spacial score (nSPS) is 38.9. The van der Waals surface area contributed by atoms with Crippen molar-refractivity contribution in [2.24, 2.45) is 34.5 Å². The van der Waals surface area contributed by atoms with Gasteiger partial charge in [-0.2, -0.15) is 0 Å². The zero-order valence-electron chi connectivity index (χ0n) is 28.1. The molecule has 4 aliphatic rings. The van der Waals surface area contributed by atoms with Crippen molar-refractivity contribution in [3.8, 4) is 0 Å². The van der Waals surface area contributed by atoms with E-state index in [9.17, 15) is 29.7 Å². The third kappa shape index (κ3) is 6.08. The van der Waals surface area contributed by atoms with E-state index in [1.807, 2.05) is 19.9 Å². The standard InChI is InChI=1S/C34H47NO9.2Ac/c1-17-14-23-33(40,16-43-23)27-20(4)34(41)15-22(18(2)24(31(34,5)6)26(36)28(37)32(17,27)7)44-29(38)19(3)25(35-30(39)42-8)21-12-10-9-11-13-21;;/h9-13,17,19-20,22-23,25-27,36,40-41H,14-16H2,1-8H3,(H,35,39);;/t17?,19?,20?,22?,23?,25?,26?,27?,32-,33?,34?;;/m1../s1. The molecule has 4 N–H and O–H groups in total. The van der Waals surface area contributed by atoms with Crippen LogP contribution >= 0.6 is 0 Å². The molecule has 1 aromatic rings. The molecule has 46 heavy (non-hydrogen) atoms. The quantitative estimate of drug-likeness (QED) is 0.257. The molecule has 1 heterocycles. The van der Waals surface area contributed by atoms with Gasteiger partial charge < -0.3 is 34.8 Å². The van der Waals surface area contributed by atoms with Crippen LogP contribution in [0.2, 0.25) is 0 Å². The molecule has 3 aliphatic carbocycles. The Morgan fingerprint density at radius 2 is 1.70 bits per heavy atom. The Morgan fingerprint density at radius 3 is 2.24 bits per heavy atom. The topological polar surface area (TPSA) is 152 Å². The van der Waals surface area contributed by atoms with E-state index in [0.717, 1.165) is 0 Å². The number of aliphatic hydroxyl groups excluding tert-OH is 1. The molecule has 10 unspecified atom stereocenters. The van der Waals surface area contributed by atoms with Gasteiger partial charge in [-0.3, -0.25) is 9.59 Å². The van der Waals surface area contributed by atoms with Gasteiger partial charge in [0.25, 0.3) is 0 Å². The third-order valence-corrected chi connectivity index (χ3v) is 12.1. The van der Waals surface area contributed by atoms with Gasteiger partial charge in [-0.15, -0.1) is 0 Å². The summed E-state index contributed by atoms with van der Waals surface area (Å²) >= 11 is 0. The Morgan fingerprint density at radius 1 is 1.09 bits per heavy atom. The molecule has 3 fully saturated rings. The number of hydrogen-bond donors (Lipinski definition) is 4. The van der Waals surface area contributed by atoms with Crippen LogP contribution in [0.5, 0.6) is 0 Å². The molecule has 2 saturated carbocycles. The van der Waals surface area contributed by atoms with Gasteiger partial charge in [0.1, 0.15) is 17.8 Å². The van der Waals surface area contributed by atoms with Crippen LogP contribution in [-0.2, 0) is 23.8 Å². The molecule has 5 rings (SSSR count). The van der Waals surface area contributed by atoms with Crippen LogP contribution in [0.25, 0.3) is 0 Å².